The molecule has 0 bridgehead atoms. The molecule has 2 heterocycles. The molecule has 0 fully saturated rings. The topological polar surface area (TPSA) is 21.3 Å². The largest absolute Gasteiger partial charge is 0.455 e. The summed E-state index contributed by atoms with van der Waals surface area (Å²) in [5.74, 6) is 0. The van der Waals surface area contributed by atoms with Crippen molar-refractivity contribution in [2.45, 2.75) is 0 Å². The van der Waals surface area contributed by atoms with Gasteiger partial charge in [-0.25, -0.2) is 0 Å². The summed E-state index contributed by atoms with van der Waals surface area (Å²) in [5, 5.41) is 4.79. The number of hydrogen-bond acceptors (Lipinski definition) is 2. The van der Waals surface area contributed by atoms with Gasteiger partial charge < -0.3 is 13.9 Å². The average Bonchev–Trinajstić information content (AvgIpc) is 3.75. The van der Waals surface area contributed by atoms with Gasteiger partial charge in [-0.2, -0.15) is 0 Å². The van der Waals surface area contributed by atoms with E-state index in [1.165, 1.54) is 32.9 Å². The van der Waals surface area contributed by atoms with Crippen LogP contribution < -0.4 is 4.90 Å². The van der Waals surface area contributed by atoms with E-state index in [1.54, 1.807) is 0 Å². The van der Waals surface area contributed by atoms with Gasteiger partial charge in [-0.1, -0.05) is 127 Å². The predicted octanol–water partition coefficient (Wildman–Crippen LogP) is 13.5. The maximum Gasteiger partial charge on any atom is 0.143 e. The van der Waals surface area contributed by atoms with Crippen LogP contribution in [-0.4, -0.2) is 4.57 Å². The molecule has 0 aliphatic carbocycles. The van der Waals surface area contributed by atoms with Crippen LogP contribution >= 0.6 is 0 Å². The van der Waals surface area contributed by atoms with E-state index >= 15 is 0 Å². The van der Waals surface area contributed by atoms with Crippen LogP contribution in [0.1, 0.15) is 0 Å². The number of rotatable bonds is 6. The van der Waals surface area contributed by atoms with Crippen molar-refractivity contribution < 1.29 is 4.42 Å². The lowest BCUT2D eigenvalue weighted by molar-refractivity contribution is 0.670. The van der Waals surface area contributed by atoms with Gasteiger partial charge in [0.15, 0.2) is 0 Å². The predicted molar refractivity (Wildman–Crippen MR) is 214 cm³/mol. The van der Waals surface area contributed by atoms with Crippen molar-refractivity contribution in [1.29, 1.82) is 0 Å². The molecule has 0 unspecified atom stereocenters. The second kappa shape index (κ2) is 11.9. The van der Waals surface area contributed by atoms with Gasteiger partial charge in [0.2, 0.25) is 0 Å². The van der Waals surface area contributed by atoms with Gasteiger partial charge in [0.05, 0.1) is 11.0 Å². The molecule has 240 valence electrons. The van der Waals surface area contributed by atoms with Gasteiger partial charge in [-0.3, -0.25) is 0 Å². The van der Waals surface area contributed by atoms with Gasteiger partial charge in [0.1, 0.15) is 11.2 Å². The summed E-state index contributed by atoms with van der Waals surface area (Å²) in [6.45, 7) is 0. The summed E-state index contributed by atoms with van der Waals surface area (Å²) in [6.07, 6.45) is 0. The number of anilines is 3. The minimum atomic E-state index is 0.908. The summed E-state index contributed by atoms with van der Waals surface area (Å²) >= 11 is 0. The molecule has 3 heteroatoms. The van der Waals surface area contributed by atoms with Gasteiger partial charge in [0.25, 0.3) is 0 Å². The number of benzene rings is 8. The Morgan fingerprint density at radius 2 is 0.843 bits per heavy atom. The molecule has 2 aromatic heterocycles. The van der Waals surface area contributed by atoms with E-state index in [-0.39, 0.29) is 0 Å². The van der Waals surface area contributed by atoms with Crippen LogP contribution in [0.3, 0.4) is 0 Å². The summed E-state index contributed by atoms with van der Waals surface area (Å²) in [4.78, 5) is 2.33. The van der Waals surface area contributed by atoms with Crippen LogP contribution in [0.2, 0.25) is 0 Å². The van der Waals surface area contributed by atoms with Crippen molar-refractivity contribution >= 4 is 60.8 Å². The Morgan fingerprint density at radius 3 is 1.49 bits per heavy atom. The van der Waals surface area contributed by atoms with Gasteiger partial charge in [-0.15, -0.1) is 0 Å². The Labute approximate surface area is 295 Å². The molecule has 10 rings (SSSR count). The molecule has 3 nitrogen and oxygen atoms in total. The molecule has 0 spiro atoms. The first-order valence-corrected chi connectivity index (χ1v) is 17.4. The summed E-state index contributed by atoms with van der Waals surface area (Å²) < 4.78 is 8.75. The molecule has 0 N–H and O–H groups in total. The lowest BCUT2D eigenvalue weighted by Gasteiger charge is -2.26. The van der Waals surface area contributed by atoms with Crippen LogP contribution in [0.25, 0.3) is 71.7 Å². The Morgan fingerprint density at radius 1 is 0.353 bits per heavy atom. The molecule has 0 amide bonds. The summed E-state index contributed by atoms with van der Waals surface area (Å²) in [5.41, 5.74) is 13.2. The zero-order valence-corrected chi connectivity index (χ0v) is 27.8. The Bertz CT molecular complexity index is 2770. The van der Waals surface area contributed by atoms with Crippen LogP contribution in [0.4, 0.5) is 17.1 Å². The quantitative estimate of drug-likeness (QED) is 0.178. The molecule has 8 aromatic carbocycles. The number of nitrogens with zero attached hydrogens (tertiary/aromatic N) is 2. The molecular formula is C48H32N2O. The molecule has 0 aliphatic rings. The van der Waals surface area contributed by atoms with E-state index in [0.29, 0.717) is 0 Å². The van der Waals surface area contributed by atoms with Crippen molar-refractivity contribution in [2.24, 2.45) is 0 Å². The van der Waals surface area contributed by atoms with Crippen LogP contribution in [0.15, 0.2) is 199 Å². The summed E-state index contributed by atoms with van der Waals surface area (Å²) in [6, 6.07) is 69.1. The van der Waals surface area contributed by atoms with E-state index < -0.39 is 0 Å². The van der Waals surface area contributed by atoms with Crippen molar-refractivity contribution in [2.75, 3.05) is 4.90 Å². The first kappa shape index (κ1) is 29.1. The smallest absolute Gasteiger partial charge is 0.143 e. The Hall–Kier alpha value is -6.84. The Balaban J connectivity index is 1.07. The third-order valence-corrected chi connectivity index (χ3v) is 10.0. The number of fused-ring (bicyclic) bond motifs is 6. The lowest BCUT2D eigenvalue weighted by Crippen LogP contribution is -2.10. The molecule has 0 saturated heterocycles. The number of hydrogen-bond donors (Lipinski definition) is 0. The first-order chi connectivity index (χ1) is 25.3. The fourth-order valence-electron chi connectivity index (χ4n) is 7.60. The van der Waals surface area contributed by atoms with E-state index in [2.05, 4.69) is 191 Å². The zero-order valence-electron chi connectivity index (χ0n) is 27.8. The number of para-hydroxylation sites is 4. The molecule has 0 atom stereocenters. The highest BCUT2D eigenvalue weighted by Crippen LogP contribution is 2.40. The zero-order chi connectivity index (χ0) is 33.7. The van der Waals surface area contributed by atoms with E-state index in [1.807, 2.05) is 12.1 Å². The van der Waals surface area contributed by atoms with Crippen LogP contribution in [0.5, 0.6) is 0 Å². The number of furan rings is 1. The fourth-order valence-corrected chi connectivity index (χ4v) is 7.60. The van der Waals surface area contributed by atoms with Gasteiger partial charge in [0, 0.05) is 49.9 Å². The standard InChI is InChI=1S/C48H32N2O/c1-2-11-33(12-3-1)34-21-25-36(26-22-34)49(37-27-23-35(24-28-37)40-16-10-17-44-43-15-6-9-20-47(43)51-48(40)44)38-29-31-39(32-30-38)50-45-18-7-4-13-41(45)42-14-5-8-19-46(42)50/h1-32H. The maximum atomic E-state index is 6.38. The molecule has 0 saturated carbocycles. The fraction of sp³-hybridized carbons (Fsp3) is 0. The highest BCUT2D eigenvalue weighted by molar-refractivity contribution is 6.10. The third-order valence-electron chi connectivity index (χ3n) is 10.0. The average molecular weight is 653 g/mol. The molecule has 51 heavy (non-hydrogen) atoms. The van der Waals surface area contributed by atoms with Crippen LogP contribution in [-0.2, 0) is 0 Å². The molecule has 0 aliphatic heterocycles. The lowest BCUT2D eigenvalue weighted by atomic mass is 10.0. The normalized spacial score (nSPS) is 11.5. The SMILES string of the molecule is c1ccc(-c2ccc(N(c3ccc(-c4cccc5c4oc4ccccc45)cc3)c3ccc(-n4c5ccccc5c5ccccc54)cc3)cc2)cc1. The highest BCUT2D eigenvalue weighted by Gasteiger charge is 2.17. The third kappa shape index (κ3) is 4.90. The second-order valence-corrected chi connectivity index (χ2v) is 13.0. The minimum Gasteiger partial charge on any atom is -0.455 e. The van der Waals surface area contributed by atoms with E-state index in [0.717, 1.165) is 55.8 Å². The van der Waals surface area contributed by atoms with Crippen molar-refractivity contribution in [3.63, 3.8) is 0 Å². The van der Waals surface area contributed by atoms with Gasteiger partial charge >= 0.3 is 0 Å². The monoisotopic (exact) mass is 652 g/mol. The second-order valence-electron chi connectivity index (χ2n) is 13.0. The molecule has 10 aromatic rings. The highest BCUT2D eigenvalue weighted by atomic mass is 16.3. The molecular weight excluding hydrogens is 621 g/mol. The van der Waals surface area contributed by atoms with Crippen LogP contribution in [0, 0.1) is 0 Å². The van der Waals surface area contributed by atoms with E-state index in [4.69, 9.17) is 4.42 Å². The van der Waals surface area contributed by atoms with Gasteiger partial charge in [-0.05, 0) is 83.4 Å². The Kier molecular flexibility index (Phi) is 6.81. The number of aromatic nitrogens is 1. The first-order valence-electron chi connectivity index (χ1n) is 17.4. The maximum absolute atomic E-state index is 6.38. The summed E-state index contributed by atoms with van der Waals surface area (Å²) in [7, 11) is 0. The minimum absolute atomic E-state index is 0.908. The van der Waals surface area contributed by atoms with Crippen molar-refractivity contribution in [3.05, 3.63) is 194 Å². The van der Waals surface area contributed by atoms with Crippen molar-refractivity contribution in [3.8, 4) is 27.9 Å². The van der Waals surface area contributed by atoms with E-state index in [9.17, 15) is 0 Å². The van der Waals surface area contributed by atoms with Crippen molar-refractivity contribution in [1.82, 2.24) is 4.57 Å². The molecule has 0 radical (unpaired) electrons.